The smallest absolute Gasteiger partial charge is 0.234 e. The summed E-state index contributed by atoms with van der Waals surface area (Å²) in [5.74, 6) is 2.50. The molecule has 32 heavy (non-hydrogen) atoms. The third-order valence-electron chi connectivity index (χ3n) is 5.13. The van der Waals surface area contributed by atoms with Gasteiger partial charge >= 0.3 is 0 Å². The van der Waals surface area contributed by atoms with Crippen molar-refractivity contribution in [3.63, 3.8) is 0 Å². The van der Waals surface area contributed by atoms with E-state index < -0.39 is 0 Å². The Balaban J connectivity index is 2.43. The van der Waals surface area contributed by atoms with Crippen LogP contribution in [0.25, 0.3) is 0 Å². The highest BCUT2D eigenvalue weighted by Gasteiger charge is 2.10. The topological polar surface area (TPSA) is 80.5 Å². The average molecular weight is 456 g/mol. The molecule has 0 fully saturated rings. The van der Waals surface area contributed by atoms with Gasteiger partial charge in [0.25, 0.3) is 0 Å². The summed E-state index contributed by atoms with van der Waals surface area (Å²) in [6.07, 6.45) is 16.5. The number of thioether (sulfide) groups is 1. The lowest BCUT2D eigenvalue weighted by molar-refractivity contribution is -0.119. The standard InChI is InChI=1S/C25H37N5OS/c1-6-9-22(17-26)16-20(2)10-7-13-28-24(31)18-27-19-25(32-5)29-23-11-8-14-30(4)15-12-21(23)3/h1,7,10,16,20,27H,8-9,11-15,18-19H2,2-5H3,(H,28,31)/b10-7-,22-16+,23-21+,29-25-. The maximum absolute atomic E-state index is 12.1. The Labute approximate surface area is 198 Å². The van der Waals surface area contributed by atoms with Crippen molar-refractivity contribution in [2.75, 3.05) is 46.0 Å². The van der Waals surface area contributed by atoms with Crippen LogP contribution < -0.4 is 10.6 Å². The molecule has 0 aromatic rings. The van der Waals surface area contributed by atoms with Gasteiger partial charge in [-0.2, -0.15) is 5.26 Å². The van der Waals surface area contributed by atoms with Crippen molar-refractivity contribution in [3.8, 4) is 18.4 Å². The molecule has 1 heterocycles. The molecule has 1 aliphatic heterocycles. The molecule has 174 valence electrons. The highest BCUT2D eigenvalue weighted by Crippen LogP contribution is 2.20. The van der Waals surface area contributed by atoms with E-state index in [0.717, 1.165) is 37.4 Å². The van der Waals surface area contributed by atoms with E-state index in [1.54, 1.807) is 11.8 Å². The molecular formula is C25H37N5OS. The normalized spacial score (nSPS) is 19.7. The van der Waals surface area contributed by atoms with E-state index in [0.29, 0.717) is 25.1 Å². The van der Waals surface area contributed by atoms with Gasteiger partial charge in [0.2, 0.25) is 5.91 Å². The predicted octanol–water partition coefficient (Wildman–Crippen LogP) is 3.51. The van der Waals surface area contributed by atoms with Gasteiger partial charge in [0, 0.05) is 37.3 Å². The fourth-order valence-electron chi connectivity index (χ4n) is 3.22. The first-order chi connectivity index (χ1) is 15.4. The fourth-order valence-corrected chi connectivity index (χ4v) is 3.67. The monoisotopic (exact) mass is 455 g/mol. The molecule has 6 nitrogen and oxygen atoms in total. The number of amides is 1. The van der Waals surface area contributed by atoms with Crippen LogP contribution in [-0.2, 0) is 4.79 Å². The Bertz CT molecular complexity index is 813. The molecule has 1 atom stereocenters. The van der Waals surface area contributed by atoms with Crippen molar-refractivity contribution in [1.82, 2.24) is 15.5 Å². The highest BCUT2D eigenvalue weighted by atomic mass is 32.2. The largest absolute Gasteiger partial charge is 0.352 e. The van der Waals surface area contributed by atoms with Gasteiger partial charge in [0.15, 0.2) is 0 Å². The summed E-state index contributed by atoms with van der Waals surface area (Å²) in [5, 5.41) is 16.1. The van der Waals surface area contributed by atoms with Gasteiger partial charge in [-0.3, -0.25) is 4.79 Å². The van der Waals surface area contributed by atoms with Gasteiger partial charge in [-0.1, -0.05) is 30.7 Å². The van der Waals surface area contributed by atoms with Crippen LogP contribution in [-0.4, -0.2) is 61.9 Å². The van der Waals surface area contributed by atoms with Crippen LogP contribution in [0.1, 0.15) is 39.5 Å². The second-order valence-corrected chi connectivity index (χ2v) is 8.85. The summed E-state index contributed by atoms with van der Waals surface area (Å²) in [6.45, 7) is 7.60. The van der Waals surface area contributed by atoms with Crippen LogP contribution >= 0.6 is 11.8 Å². The van der Waals surface area contributed by atoms with Gasteiger partial charge in [-0.05, 0) is 52.0 Å². The molecule has 1 unspecified atom stereocenters. The molecule has 2 N–H and O–H groups in total. The summed E-state index contributed by atoms with van der Waals surface area (Å²) in [5.41, 5.74) is 3.14. The second kappa shape index (κ2) is 16.3. The zero-order valence-corrected chi connectivity index (χ0v) is 20.7. The average Bonchev–Trinajstić information content (AvgIpc) is 2.77. The van der Waals surface area contributed by atoms with Gasteiger partial charge < -0.3 is 15.5 Å². The summed E-state index contributed by atoms with van der Waals surface area (Å²) >= 11 is 1.62. The second-order valence-electron chi connectivity index (χ2n) is 7.97. The summed E-state index contributed by atoms with van der Waals surface area (Å²) < 4.78 is 0. The number of nitrogens with zero attached hydrogens (tertiary/aromatic N) is 3. The maximum Gasteiger partial charge on any atom is 0.234 e. The van der Waals surface area contributed by atoms with Crippen LogP contribution in [0, 0.1) is 29.6 Å². The molecule has 0 saturated heterocycles. The first kappa shape index (κ1) is 27.7. The lowest BCUT2D eigenvalue weighted by Crippen LogP contribution is -2.35. The van der Waals surface area contributed by atoms with Crippen molar-refractivity contribution >= 4 is 22.7 Å². The number of rotatable bonds is 10. The Morgan fingerprint density at radius 3 is 2.84 bits per heavy atom. The molecule has 7 heteroatoms. The minimum absolute atomic E-state index is 0.0623. The van der Waals surface area contributed by atoms with Crippen LogP contribution in [0.3, 0.4) is 0 Å². The fraction of sp³-hybridized carbons (Fsp3) is 0.560. The van der Waals surface area contributed by atoms with Gasteiger partial charge in [-0.15, -0.1) is 24.1 Å². The summed E-state index contributed by atoms with van der Waals surface area (Å²) in [6, 6.07) is 2.11. The van der Waals surface area contributed by atoms with Gasteiger partial charge in [0.1, 0.15) is 0 Å². The first-order valence-corrected chi connectivity index (χ1v) is 12.3. The number of nitrogens with one attached hydrogen (secondary N) is 2. The molecule has 0 aromatic heterocycles. The number of carbonyl (C=O) groups is 1. The molecule has 0 radical (unpaired) electrons. The van der Waals surface area contributed by atoms with E-state index in [1.807, 2.05) is 31.4 Å². The quantitative estimate of drug-likeness (QED) is 0.173. The molecule has 0 spiro atoms. The number of nitriles is 1. The van der Waals surface area contributed by atoms with Crippen molar-refractivity contribution < 1.29 is 4.79 Å². The summed E-state index contributed by atoms with van der Waals surface area (Å²) in [4.78, 5) is 19.3. The van der Waals surface area contributed by atoms with E-state index in [9.17, 15) is 4.79 Å². The van der Waals surface area contributed by atoms with Crippen LogP contribution in [0.4, 0.5) is 0 Å². The van der Waals surface area contributed by atoms with Gasteiger partial charge in [-0.25, -0.2) is 4.99 Å². The third kappa shape index (κ3) is 11.9. The van der Waals surface area contributed by atoms with Crippen molar-refractivity contribution in [3.05, 3.63) is 35.1 Å². The SMILES string of the molecule is C#CC/C(C#N)=C\C(C)/C=C\CNC(=O)CNC/C(=N/C1=C(\C)CCN(C)CCC1)SC. The summed E-state index contributed by atoms with van der Waals surface area (Å²) in [7, 11) is 2.17. The number of hydrogen-bond acceptors (Lipinski definition) is 6. The maximum atomic E-state index is 12.1. The van der Waals surface area contributed by atoms with Crippen LogP contribution in [0.15, 0.2) is 40.1 Å². The minimum Gasteiger partial charge on any atom is -0.352 e. The molecule has 0 saturated carbocycles. The van der Waals surface area contributed by atoms with E-state index in [1.165, 1.54) is 11.3 Å². The Kier molecular flexibility index (Phi) is 14.1. The minimum atomic E-state index is -0.0623. The van der Waals surface area contributed by atoms with Gasteiger partial charge in [0.05, 0.1) is 17.7 Å². The molecule has 1 rings (SSSR count). The lowest BCUT2D eigenvalue weighted by Gasteiger charge is -2.21. The Hall–Kier alpha value is -2.32. The molecule has 0 aromatic carbocycles. The Morgan fingerprint density at radius 1 is 1.38 bits per heavy atom. The number of carbonyl (C=O) groups excluding carboxylic acids is 1. The lowest BCUT2D eigenvalue weighted by atomic mass is 10.1. The zero-order valence-electron chi connectivity index (χ0n) is 19.9. The molecular weight excluding hydrogens is 418 g/mol. The van der Waals surface area contributed by atoms with Crippen molar-refractivity contribution in [2.45, 2.75) is 39.5 Å². The number of aliphatic imine (C=N–C) groups is 1. The van der Waals surface area contributed by atoms with E-state index in [2.05, 4.69) is 41.5 Å². The van der Waals surface area contributed by atoms with E-state index in [4.69, 9.17) is 16.7 Å². The molecule has 1 aliphatic rings. The Morgan fingerprint density at radius 2 is 2.16 bits per heavy atom. The number of terminal acetylenes is 1. The van der Waals surface area contributed by atoms with Crippen molar-refractivity contribution in [1.29, 1.82) is 5.26 Å². The molecule has 0 bridgehead atoms. The molecule has 0 aliphatic carbocycles. The third-order valence-corrected chi connectivity index (χ3v) is 5.84. The van der Waals surface area contributed by atoms with E-state index >= 15 is 0 Å². The highest BCUT2D eigenvalue weighted by molar-refractivity contribution is 8.13. The van der Waals surface area contributed by atoms with Crippen LogP contribution in [0.5, 0.6) is 0 Å². The van der Waals surface area contributed by atoms with Crippen LogP contribution in [0.2, 0.25) is 0 Å². The number of hydrogen-bond donors (Lipinski definition) is 2. The van der Waals surface area contributed by atoms with Crippen molar-refractivity contribution in [2.24, 2.45) is 10.9 Å². The molecule has 1 amide bonds. The van der Waals surface area contributed by atoms with E-state index in [-0.39, 0.29) is 18.4 Å². The first-order valence-electron chi connectivity index (χ1n) is 11.1. The number of allylic oxidation sites excluding steroid dienone is 4. The zero-order chi connectivity index (χ0) is 23.8. The predicted molar refractivity (Wildman–Crippen MR) is 136 cm³/mol.